The van der Waals surface area contributed by atoms with E-state index in [1.165, 1.54) is 5.06 Å². The van der Waals surface area contributed by atoms with E-state index >= 15 is 0 Å². The van der Waals surface area contributed by atoms with Gasteiger partial charge in [-0.2, -0.15) is 10.2 Å². The second-order valence-corrected chi connectivity index (χ2v) is 3.37. The monoisotopic (exact) mass is 207 g/mol. The van der Waals surface area contributed by atoms with Gasteiger partial charge in [-0.3, -0.25) is 5.10 Å². The van der Waals surface area contributed by atoms with Crippen molar-refractivity contribution in [2.45, 2.75) is 26.2 Å². The normalized spacial score (nSPS) is 10.1. The molecule has 1 aromatic heterocycles. The van der Waals surface area contributed by atoms with Crippen molar-refractivity contribution < 1.29 is 5.21 Å². The average molecular weight is 207 g/mol. The first kappa shape index (κ1) is 11.8. The van der Waals surface area contributed by atoms with Crippen LogP contribution in [0.5, 0.6) is 0 Å². The summed E-state index contributed by atoms with van der Waals surface area (Å²) in [5, 5.41) is 17.2. The van der Waals surface area contributed by atoms with Crippen LogP contribution in [0.15, 0.2) is 12.3 Å². The molecule has 0 spiro atoms. The minimum Gasteiger partial charge on any atom is -0.313 e. The number of hydrogen-bond donors (Lipinski definition) is 2. The fourth-order valence-corrected chi connectivity index (χ4v) is 1.17. The molecule has 0 fully saturated rings. The van der Waals surface area contributed by atoms with Crippen LogP contribution in [-0.2, 0) is 0 Å². The van der Waals surface area contributed by atoms with Crippen molar-refractivity contribution in [2.24, 2.45) is 0 Å². The summed E-state index contributed by atoms with van der Waals surface area (Å²) in [6.07, 6.45) is 4.97. The van der Waals surface area contributed by atoms with Crippen molar-refractivity contribution in [1.29, 1.82) is 0 Å². The number of aromatic nitrogens is 2. The molecule has 0 saturated heterocycles. The number of unbranched alkanes of at least 4 members (excludes halogenated alkanes) is 2. The van der Waals surface area contributed by atoms with Crippen LogP contribution in [0, 0.1) is 11.8 Å². The Morgan fingerprint density at radius 1 is 1.53 bits per heavy atom. The molecule has 1 heterocycles. The zero-order valence-electron chi connectivity index (χ0n) is 9.03. The molecule has 0 bridgehead atoms. The summed E-state index contributed by atoms with van der Waals surface area (Å²) in [6, 6.07) is 1.80. The maximum atomic E-state index is 9.41. The van der Waals surface area contributed by atoms with Gasteiger partial charge in [0.1, 0.15) is 5.69 Å². The Morgan fingerprint density at radius 3 is 3.07 bits per heavy atom. The maximum Gasteiger partial charge on any atom is 0.107 e. The highest BCUT2D eigenvalue weighted by Crippen LogP contribution is 1.95. The van der Waals surface area contributed by atoms with E-state index in [2.05, 4.69) is 29.0 Å². The summed E-state index contributed by atoms with van der Waals surface area (Å²) >= 11 is 0. The van der Waals surface area contributed by atoms with Gasteiger partial charge in [-0.05, 0) is 18.4 Å². The molecule has 4 heteroatoms. The van der Waals surface area contributed by atoms with Crippen LogP contribution in [0.25, 0.3) is 0 Å². The van der Waals surface area contributed by atoms with Crippen molar-refractivity contribution in [3.8, 4) is 11.8 Å². The Morgan fingerprint density at radius 2 is 2.40 bits per heavy atom. The number of nitrogens with one attached hydrogen (secondary N) is 1. The van der Waals surface area contributed by atoms with Crippen LogP contribution in [0.4, 0.5) is 0 Å². The molecule has 0 saturated carbocycles. The summed E-state index contributed by atoms with van der Waals surface area (Å²) in [6.45, 7) is 3.20. The third-order valence-electron chi connectivity index (χ3n) is 2.01. The fraction of sp³-hybridized carbons (Fsp3) is 0.545. The summed E-state index contributed by atoms with van der Waals surface area (Å²) in [4.78, 5) is 0. The minimum absolute atomic E-state index is 0.378. The third-order valence-corrected chi connectivity index (χ3v) is 2.01. The lowest BCUT2D eigenvalue weighted by atomic mass is 10.2. The van der Waals surface area contributed by atoms with Crippen molar-refractivity contribution in [3.05, 3.63) is 18.0 Å². The quantitative estimate of drug-likeness (QED) is 0.438. The Hall–Kier alpha value is -1.31. The zero-order valence-corrected chi connectivity index (χ0v) is 9.03. The van der Waals surface area contributed by atoms with Crippen molar-refractivity contribution in [1.82, 2.24) is 15.3 Å². The van der Waals surface area contributed by atoms with Crippen molar-refractivity contribution in [3.63, 3.8) is 0 Å². The molecule has 0 unspecified atom stereocenters. The molecule has 82 valence electrons. The lowest BCUT2D eigenvalue weighted by Crippen LogP contribution is -2.20. The highest BCUT2D eigenvalue weighted by Gasteiger charge is 1.96. The number of rotatable bonds is 5. The Labute approximate surface area is 90.3 Å². The molecule has 0 atom stereocenters. The molecule has 0 aliphatic carbocycles. The van der Waals surface area contributed by atoms with E-state index in [4.69, 9.17) is 0 Å². The predicted molar refractivity (Wildman–Crippen MR) is 58.4 cm³/mol. The van der Waals surface area contributed by atoms with Crippen LogP contribution < -0.4 is 0 Å². The van der Waals surface area contributed by atoms with Crippen LogP contribution in [0.2, 0.25) is 0 Å². The number of aromatic amines is 1. The lowest BCUT2D eigenvalue weighted by Gasteiger charge is -2.09. The van der Waals surface area contributed by atoms with Gasteiger partial charge in [-0.1, -0.05) is 25.7 Å². The SMILES string of the molecule is CCCCCN(O)CC#Cc1ccn[nH]1. The second-order valence-electron chi connectivity index (χ2n) is 3.37. The average Bonchev–Trinajstić information content (AvgIpc) is 2.71. The fourth-order valence-electron chi connectivity index (χ4n) is 1.17. The summed E-state index contributed by atoms with van der Waals surface area (Å²) < 4.78 is 0. The molecule has 2 N–H and O–H groups in total. The first-order valence-electron chi connectivity index (χ1n) is 5.25. The lowest BCUT2D eigenvalue weighted by molar-refractivity contribution is -0.0791. The molecule has 0 aliphatic heterocycles. The number of H-pyrrole nitrogens is 1. The van der Waals surface area contributed by atoms with Crippen LogP contribution in [0.1, 0.15) is 31.9 Å². The van der Waals surface area contributed by atoms with Crippen molar-refractivity contribution >= 4 is 0 Å². The van der Waals surface area contributed by atoms with Crippen molar-refractivity contribution in [2.75, 3.05) is 13.1 Å². The molecule has 0 aromatic carbocycles. The number of nitrogens with zero attached hydrogens (tertiary/aromatic N) is 2. The highest BCUT2D eigenvalue weighted by atomic mass is 16.5. The van der Waals surface area contributed by atoms with Crippen LogP contribution in [0.3, 0.4) is 0 Å². The van der Waals surface area contributed by atoms with E-state index in [1.54, 1.807) is 12.3 Å². The molecule has 0 aliphatic rings. The molecule has 1 rings (SSSR count). The smallest absolute Gasteiger partial charge is 0.107 e. The van der Waals surface area contributed by atoms with Gasteiger partial charge in [-0.15, -0.1) is 0 Å². The largest absolute Gasteiger partial charge is 0.313 e. The van der Waals surface area contributed by atoms with Gasteiger partial charge in [0.25, 0.3) is 0 Å². The van der Waals surface area contributed by atoms with Gasteiger partial charge < -0.3 is 5.21 Å². The van der Waals surface area contributed by atoms with E-state index in [0.29, 0.717) is 13.1 Å². The first-order valence-corrected chi connectivity index (χ1v) is 5.25. The number of hydrogen-bond acceptors (Lipinski definition) is 3. The molecule has 0 radical (unpaired) electrons. The van der Waals surface area contributed by atoms with Gasteiger partial charge in [0, 0.05) is 12.7 Å². The Balaban J connectivity index is 2.18. The van der Waals surface area contributed by atoms with E-state index < -0.39 is 0 Å². The number of hydroxylamine groups is 2. The molecular weight excluding hydrogens is 190 g/mol. The van der Waals surface area contributed by atoms with E-state index in [0.717, 1.165) is 25.0 Å². The summed E-state index contributed by atoms with van der Waals surface area (Å²) in [5.41, 5.74) is 0.775. The summed E-state index contributed by atoms with van der Waals surface area (Å²) in [7, 11) is 0. The Kier molecular flexibility index (Phi) is 5.52. The molecule has 15 heavy (non-hydrogen) atoms. The maximum absolute atomic E-state index is 9.41. The van der Waals surface area contributed by atoms with Crippen LogP contribution >= 0.6 is 0 Å². The third kappa shape index (κ3) is 5.21. The van der Waals surface area contributed by atoms with Gasteiger partial charge in [0.2, 0.25) is 0 Å². The van der Waals surface area contributed by atoms with Crippen LogP contribution in [-0.4, -0.2) is 33.6 Å². The minimum atomic E-state index is 0.378. The standard InChI is InChI=1S/C11H17N3O/c1-2-3-4-9-14(15)10-5-6-11-7-8-12-13-11/h7-8,15H,2-4,9-10H2,1H3,(H,12,13). The van der Waals surface area contributed by atoms with Gasteiger partial charge >= 0.3 is 0 Å². The molecule has 4 nitrogen and oxygen atoms in total. The Bertz CT molecular complexity index is 310. The molecule has 1 aromatic rings. The van der Waals surface area contributed by atoms with Gasteiger partial charge in [0.15, 0.2) is 0 Å². The van der Waals surface area contributed by atoms with Gasteiger partial charge in [-0.25, -0.2) is 0 Å². The highest BCUT2D eigenvalue weighted by molar-refractivity contribution is 5.25. The second kappa shape index (κ2) is 7.04. The van der Waals surface area contributed by atoms with E-state index in [9.17, 15) is 5.21 Å². The topological polar surface area (TPSA) is 52.1 Å². The van der Waals surface area contributed by atoms with E-state index in [-0.39, 0.29) is 0 Å². The first-order chi connectivity index (χ1) is 7.33. The molecule has 0 amide bonds. The molecular formula is C11H17N3O. The summed E-state index contributed by atoms with van der Waals surface area (Å²) in [5.74, 6) is 5.75. The van der Waals surface area contributed by atoms with Gasteiger partial charge in [0.05, 0.1) is 6.54 Å². The predicted octanol–water partition coefficient (Wildman–Crippen LogP) is 1.64. The zero-order chi connectivity index (χ0) is 10.9. The van der Waals surface area contributed by atoms with E-state index in [1.807, 2.05) is 0 Å².